The van der Waals surface area contributed by atoms with Gasteiger partial charge in [0, 0.05) is 10.5 Å². The van der Waals surface area contributed by atoms with E-state index in [0.29, 0.717) is 10.5 Å². The van der Waals surface area contributed by atoms with Crippen LogP contribution in [0.5, 0.6) is 0 Å². The number of hydrogen-bond acceptors (Lipinski definition) is 3. The van der Waals surface area contributed by atoms with Crippen molar-refractivity contribution in [2.24, 2.45) is 11.8 Å². The highest BCUT2D eigenvalue weighted by Gasteiger charge is 2.44. The average Bonchev–Trinajstić information content (AvgIpc) is 2.31. The lowest BCUT2D eigenvalue weighted by atomic mass is 9.85. The summed E-state index contributed by atoms with van der Waals surface area (Å²) in [7, 11) is 0. The minimum atomic E-state index is -0.0510. The fraction of sp³-hybridized carbons (Fsp3) is 0.600. The molecule has 0 N–H and O–H groups in total. The van der Waals surface area contributed by atoms with Crippen LogP contribution in [0, 0.1) is 34.5 Å². The van der Waals surface area contributed by atoms with Crippen LogP contribution in [0.25, 0.3) is 0 Å². The van der Waals surface area contributed by atoms with Crippen LogP contribution in [-0.2, 0) is 0 Å². The Kier molecular flexibility index (Phi) is 2.29. The van der Waals surface area contributed by atoms with Crippen LogP contribution in [0.2, 0.25) is 0 Å². The Hall–Kier alpha value is -0.930. The summed E-state index contributed by atoms with van der Waals surface area (Å²) in [5, 5.41) is 18.7. The third kappa shape index (κ3) is 1.34. The summed E-state index contributed by atoms with van der Waals surface area (Å²) in [4.78, 5) is 0. The summed E-state index contributed by atoms with van der Waals surface area (Å²) in [6, 6.07) is 4.57. The van der Waals surface area contributed by atoms with E-state index in [1.165, 1.54) is 0 Å². The number of allylic oxidation sites excluding steroid dienone is 2. The van der Waals surface area contributed by atoms with Crippen molar-refractivity contribution in [2.45, 2.75) is 23.3 Å². The summed E-state index contributed by atoms with van der Waals surface area (Å²) < 4.78 is 0. The van der Waals surface area contributed by atoms with E-state index in [4.69, 9.17) is 10.5 Å². The Morgan fingerprint density at radius 1 is 1.00 bits per heavy atom. The molecule has 0 radical (unpaired) electrons. The highest BCUT2D eigenvalue weighted by molar-refractivity contribution is 8.00. The molecule has 0 saturated carbocycles. The van der Waals surface area contributed by atoms with Crippen LogP contribution < -0.4 is 0 Å². The second-order valence-electron chi connectivity index (χ2n) is 3.47. The molecular formula is C10H10N2S. The van der Waals surface area contributed by atoms with Crippen molar-refractivity contribution in [2.75, 3.05) is 0 Å². The quantitative estimate of drug-likeness (QED) is 0.549. The Labute approximate surface area is 82.2 Å². The summed E-state index contributed by atoms with van der Waals surface area (Å²) in [5.41, 5.74) is 0. The van der Waals surface area contributed by atoms with Crippen molar-refractivity contribution in [3.05, 3.63) is 12.2 Å². The molecule has 0 spiro atoms. The predicted octanol–water partition coefficient (Wildman–Crippen LogP) is 2.10. The fourth-order valence-corrected chi connectivity index (χ4v) is 3.74. The second kappa shape index (κ2) is 3.44. The first-order valence-electron chi connectivity index (χ1n) is 4.46. The molecule has 0 amide bonds. The maximum atomic E-state index is 8.97. The van der Waals surface area contributed by atoms with Gasteiger partial charge in [-0.3, -0.25) is 0 Å². The smallest absolute Gasteiger partial charge is 0.0754 e. The Bertz CT molecular complexity index is 280. The van der Waals surface area contributed by atoms with Crippen LogP contribution in [0.4, 0.5) is 0 Å². The average molecular weight is 190 g/mol. The molecule has 66 valence electrons. The van der Waals surface area contributed by atoms with Crippen LogP contribution >= 0.6 is 11.8 Å². The SMILES string of the molecule is N#C[C@@H]1[C@H](C#N)[C@@H]2CC=CC[C@H]1S2. The molecule has 2 heterocycles. The first-order chi connectivity index (χ1) is 6.36. The van der Waals surface area contributed by atoms with Gasteiger partial charge in [0.1, 0.15) is 0 Å². The van der Waals surface area contributed by atoms with Crippen molar-refractivity contribution in [3.8, 4) is 12.1 Å². The van der Waals surface area contributed by atoms with E-state index in [-0.39, 0.29) is 11.8 Å². The van der Waals surface area contributed by atoms with Crippen molar-refractivity contribution in [1.29, 1.82) is 10.5 Å². The van der Waals surface area contributed by atoms with Gasteiger partial charge in [-0.1, -0.05) is 12.2 Å². The lowest BCUT2D eigenvalue weighted by Gasteiger charge is -2.13. The second-order valence-corrected chi connectivity index (χ2v) is 4.95. The molecule has 0 aromatic rings. The van der Waals surface area contributed by atoms with E-state index in [1.54, 1.807) is 0 Å². The summed E-state index contributed by atoms with van der Waals surface area (Å²) >= 11 is 1.83. The standard InChI is InChI=1S/C10H10N2S/c11-5-7-8(6-12)10-4-2-1-3-9(7)13-10/h1-2,7-10H,3-4H2/t7-,8+,9-,10+. The van der Waals surface area contributed by atoms with Gasteiger partial charge >= 0.3 is 0 Å². The van der Waals surface area contributed by atoms with Crippen molar-refractivity contribution in [3.63, 3.8) is 0 Å². The number of hydrogen-bond donors (Lipinski definition) is 0. The summed E-state index contributed by atoms with van der Waals surface area (Å²) in [6.07, 6.45) is 6.21. The first-order valence-corrected chi connectivity index (χ1v) is 5.41. The molecule has 0 aliphatic carbocycles. The molecule has 2 bridgehead atoms. The minimum absolute atomic E-state index is 0.0510. The molecular weight excluding hydrogens is 180 g/mol. The maximum Gasteiger partial charge on any atom is 0.0754 e. The number of thioether (sulfide) groups is 1. The zero-order chi connectivity index (χ0) is 9.26. The third-order valence-electron chi connectivity index (χ3n) is 2.74. The zero-order valence-electron chi connectivity index (χ0n) is 7.18. The molecule has 1 saturated heterocycles. The molecule has 3 heteroatoms. The highest BCUT2D eigenvalue weighted by Crippen LogP contribution is 2.47. The Morgan fingerprint density at radius 3 is 1.85 bits per heavy atom. The normalized spacial score (nSPS) is 42.0. The zero-order valence-corrected chi connectivity index (χ0v) is 8.00. The van der Waals surface area contributed by atoms with E-state index in [2.05, 4.69) is 24.3 Å². The lowest BCUT2D eigenvalue weighted by molar-refractivity contribution is 0.492. The topological polar surface area (TPSA) is 47.6 Å². The van der Waals surface area contributed by atoms with Crippen molar-refractivity contribution >= 4 is 11.8 Å². The van der Waals surface area contributed by atoms with Gasteiger partial charge in [-0.05, 0) is 12.8 Å². The van der Waals surface area contributed by atoms with Crippen LogP contribution in [0.1, 0.15) is 12.8 Å². The molecule has 2 nitrogen and oxygen atoms in total. The van der Waals surface area contributed by atoms with Crippen LogP contribution in [0.3, 0.4) is 0 Å². The van der Waals surface area contributed by atoms with Crippen LogP contribution in [-0.4, -0.2) is 10.5 Å². The maximum absolute atomic E-state index is 8.97. The molecule has 2 aliphatic rings. The van der Waals surface area contributed by atoms with E-state index >= 15 is 0 Å². The van der Waals surface area contributed by atoms with Gasteiger partial charge in [-0.25, -0.2) is 0 Å². The Balaban J connectivity index is 2.27. The molecule has 0 aromatic heterocycles. The molecule has 1 fully saturated rings. The highest BCUT2D eigenvalue weighted by atomic mass is 32.2. The first kappa shape index (κ1) is 8.66. The van der Waals surface area contributed by atoms with Gasteiger partial charge in [0.2, 0.25) is 0 Å². The molecule has 4 atom stereocenters. The minimum Gasteiger partial charge on any atom is -0.198 e. The number of rotatable bonds is 0. The molecule has 0 aromatic carbocycles. The van der Waals surface area contributed by atoms with Gasteiger partial charge in [0.05, 0.1) is 24.0 Å². The van der Waals surface area contributed by atoms with E-state index < -0.39 is 0 Å². The third-order valence-corrected chi connectivity index (χ3v) is 4.41. The molecule has 13 heavy (non-hydrogen) atoms. The van der Waals surface area contributed by atoms with Crippen molar-refractivity contribution in [1.82, 2.24) is 0 Å². The van der Waals surface area contributed by atoms with Gasteiger partial charge in [0.15, 0.2) is 0 Å². The fourth-order valence-electron chi connectivity index (χ4n) is 2.05. The lowest BCUT2D eigenvalue weighted by Crippen LogP contribution is -2.19. The van der Waals surface area contributed by atoms with E-state index in [9.17, 15) is 0 Å². The predicted molar refractivity (Wildman–Crippen MR) is 51.7 cm³/mol. The van der Waals surface area contributed by atoms with Gasteiger partial charge in [-0.15, -0.1) is 0 Å². The number of fused-ring (bicyclic) bond motifs is 2. The molecule has 0 unspecified atom stereocenters. The van der Waals surface area contributed by atoms with E-state index in [0.717, 1.165) is 12.8 Å². The van der Waals surface area contributed by atoms with Crippen molar-refractivity contribution < 1.29 is 0 Å². The number of nitrogens with zero attached hydrogens (tertiary/aromatic N) is 2. The van der Waals surface area contributed by atoms with Gasteiger partial charge in [-0.2, -0.15) is 22.3 Å². The largest absolute Gasteiger partial charge is 0.198 e. The molecule has 2 rings (SSSR count). The van der Waals surface area contributed by atoms with Gasteiger partial charge in [0.25, 0.3) is 0 Å². The van der Waals surface area contributed by atoms with Crippen LogP contribution in [0.15, 0.2) is 12.2 Å². The monoisotopic (exact) mass is 190 g/mol. The van der Waals surface area contributed by atoms with E-state index in [1.807, 2.05) is 11.8 Å². The van der Waals surface area contributed by atoms with Gasteiger partial charge < -0.3 is 0 Å². The Morgan fingerprint density at radius 2 is 1.46 bits per heavy atom. The number of nitriles is 2. The molecule has 2 aliphatic heterocycles. The summed E-state index contributed by atoms with van der Waals surface area (Å²) in [6.45, 7) is 0. The summed E-state index contributed by atoms with van der Waals surface area (Å²) in [5.74, 6) is -0.102.